The van der Waals surface area contributed by atoms with E-state index in [2.05, 4.69) is 25.9 Å². The molecular weight excluding hydrogens is 308 g/mol. The van der Waals surface area contributed by atoms with Crippen molar-refractivity contribution in [3.8, 4) is 0 Å². The van der Waals surface area contributed by atoms with Gasteiger partial charge in [0.2, 0.25) is 0 Å². The molecule has 0 saturated heterocycles. The minimum absolute atomic E-state index is 0.648. The van der Waals surface area contributed by atoms with Gasteiger partial charge in [-0.1, -0.05) is 11.6 Å². The molecule has 2 aromatic heterocycles. The summed E-state index contributed by atoms with van der Waals surface area (Å²) < 4.78 is 1.00. The summed E-state index contributed by atoms with van der Waals surface area (Å²) in [6, 6.07) is 7.55. The molecule has 2 heterocycles. The van der Waals surface area contributed by atoms with Crippen molar-refractivity contribution >= 4 is 39.3 Å². The zero-order valence-corrected chi connectivity index (χ0v) is 11.6. The van der Waals surface area contributed by atoms with Gasteiger partial charge in [0.05, 0.1) is 10.7 Å². The van der Waals surface area contributed by atoms with Crippen molar-refractivity contribution in [3.63, 3.8) is 0 Å². The van der Waals surface area contributed by atoms with Gasteiger partial charge in [0, 0.05) is 10.7 Å². The molecule has 0 bridgehead atoms. The second-order valence-electron chi connectivity index (χ2n) is 3.11. The van der Waals surface area contributed by atoms with Crippen LogP contribution in [0.15, 0.2) is 45.0 Å². The summed E-state index contributed by atoms with van der Waals surface area (Å²) in [5, 5.41) is 2.31. The average Bonchev–Trinajstić information content (AvgIpc) is 2.27. The molecule has 0 aliphatic rings. The monoisotopic (exact) mass is 314 g/mol. The highest BCUT2D eigenvalue weighted by molar-refractivity contribution is 9.10. The summed E-state index contributed by atoms with van der Waals surface area (Å²) in [7, 11) is 0. The number of halogens is 2. The maximum atomic E-state index is 6.02. The predicted molar refractivity (Wildman–Crippen MR) is 70.0 cm³/mol. The predicted octanol–water partition coefficient (Wildman–Crippen LogP) is 4.35. The first kappa shape index (κ1) is 11.9. The lowest BCUT2D eigenvalue weighted by Crippen LogP contribution is -1.87. The van der Waals surface area contributed by atoms with Crippen LogP contribution >= 0.6 is 39.3 Å². The van der Waals surface area contributed by atoms with Crippen LogP contribution in [-0.2, 0) is 0 Å². The number of nitrogens with zero attached hydrogens (tertiary/aromatic N) is 2. The fraction of sp³-hybridized carbons (Fsp3) is 0.0909. The number of pyridine rings is 2. The summed E-state index contributed by atoms with van der Waals surface area (Å²) >= 11 is 10.9. The van der Waals surface area contributed by atoms with Crippen LogP contribution in [0.3, 0.4) is 0 Å². The fourth-order valence-electron chi connectivity index (χ4n) is 1.12. The maximum Gasteiger partial charge on any atom is 0.121 e. The molecule has 0 aromatic carbocycles. The van der Waals surface area contributed by atoms with Crippen molar-refractivity contribution in [1.29, 1.82) is 0 Å². The third kappa shape index (κ3) is 2.75. The zero-order valence-electron chi connectivity index (χ0n) is 8.45. The van der Waals surface area contributed by atoms with E-state index in [1.54, 1.807) is 6.20 Å². The van der Waals surface area contributed by atoms with Crippen LogP contribution in [0.5, 0.6) is 0 Å². The second kappa shape index (κ2) is 5.17. The van der Waals surface area contributed by atoms with Gasteiger partial charge in [-0.25, -0.2) is 9.97 Å². The Labute approximate surface area is 112 Å². The molecular formula is C11H8BrClN2S. The number of rotatable bonds is 2. The van der Waals surface area contributed by atoms with Crippen LogP contribution in [0.4, 0.5) is 0 Å². The van der Waals surface area contributed by atoms with Crippen molar-refractivity contribution in [3.05, 3.63) is 45.7 Å². The molecule has 82 valence electrons. The van der Waals surface area contributed by atoms with E-state index in [0.29, 0.717) is 5.02 Å². The first-order valence-electron chi connectivity index (χ1n) is 4.58. The molecule has 0 saturated carbocycles. The van der Waals surface area contributed by atoms with E-state index < -0.39 is 0 Å². The van der Waals surface area contributed by atoms with Gasteiger partial charge in [0.15, 0.2) is 0 Å². The smallest absolute Gasteiger partial charge is 0.121 e. The molecule has 0 fully saturated rings. The normalized spacial score (nSPS) is 10.4. The van der Waals surface area contributed by atoms with Gasteiger partial charge in [0.1, 0.15) is 10.1 Å². The highest BCUT2D eigenvalue weighted by atomic mass is 79.9. The average molecular weight is 316 g/mol. The maximum absolute atomic E-state index is 6.02. The van der Waals surface area contributed by atoms with Crippen LogP contribution in [0, 0.1) is 6.92 Å². The summed E-state index contributed by atoms with van der Waals surface area (Å²) in [4.78, 5) is 8.63. The Morgan fingerprint density at radius 1 is 1.31 bits per heavy atom. The lowest BCUT2D eigenvalue weighted by atomic mass is 10.4. The van der Waals surface area contributed by atoms with Crippen molar-refractivity contribution in [2.45, 2.75) is 17.0 Å². The van der Waals surface area contributed by atoms with Crippen LogP contribution in [0.2, 0.25) is 5.02 Å². The zero-order chi connectivity index (χ0) is 11.5. The van der Waals surface area contributed by atoms with Crippen molar-refractivity contribution in [2.75, 3.05) is 0 Å². The molecule has 2 nitrogen and oxygen atoms in total. The van der Waals surface area contributed by atoms with E-state index in [-0.39, 0.29) is 0 Å². The van der Waals surface area contributed by atoms with Crippen LogP contribution in [0.1, 0.15) is 5.69 Å². The highest BCUT2D eigenvalue weighted by Gasteiger charge is 2.05. The topological polar surface area (TPSA) is 25.8 Å². The standard InChI is InChI=1S/C11H8BrClN2S/c1-7-8(12)4-5-10(15-7)16-11-9(13)3-2-6-14-11/h2-6H,1H3. The van der Waals surface area contributed by atoms with E-state index in [9.17, 15) is 0 Å². The molecule has 2 aromatic rings. The molecule has 0 amide bonds. The molecule has 0 aliphatic carbocycles. The fourth-order valence-corrected chi connectivity index (χ4v) is 2.38. The molecule has 2 rings (SSSR count). The van der Waals surface area contributed by atoms with Crippen molar-refractivity contribution < 1.29 is 0 Å². The number of aromatic nitrogens is 2. The molecule has 0 N–H and O–H groups in total. The summed E-state index contributed by atoms with van der Waals surface area (Å²) in [5.41, 5.74) is 0.956. The lowest BCUT2D eigenvalue weighted by molar-refractivity contribution is 1.04. The molecule has 16 heavy (non-hydrogen) atoms. The molecule has 0 aliphatic heterocycles. The van der Waals surface area contributed by atoms with Crippen LogP contribution in [-0.4, -0.2) is 9.97 Å². The van der Waals surface area contributed by atoms with Crippen molar-refractivity contribution in [1.82, 2.24) is 9.97 Å². The van der Waals surface area contributed by atoms with Gasteiger partial charge in [-0.05, 0) is 58.9 Å². The number of hydrogen-bond donors (Lipinski definition) is 0. The summed E-state index contributed by atoms with van der Waals surface area (Å²) in [5.74, 6) is 0. The molecule has 5 heteroatoms. The van der Waals surface area contributed by atoms with Crippen LogP contribution in [0.25, 0.3) is 0 Å². The lowest BCUT2D eigenvalue weighted by Gasteiger charge is -2.03. The largest absolute Gasteiger partial charge is 0.248 e. The number of hydrogen-bond acceptors (Lipinski definition) is 3. The SMILES string of the molecule is Cc1nc(Sc2ncccc2Cl)ccc1Br. The van der Waals surface area contributed by atoms with Gasteiger partial charge in [-0.3, -0.25) is 0 Å². The summed E-state index contributed by atoms with van der Waals surface area (Å²) in [6.45, 7) is 1.95. The Bertz CT molecular complexity index is 519. The van der Waals surface area contributed by atoms with E-state index in [1.165, 1.54) is 11.8 Å². The van der Waals surface area contributed by atoms with Crippen molar-refractivity contribution in [2.24, 2.45) is 0 Å². The number of aryl methyl sites for hydroxylation is 1. The Kier molecular flexibility index (Phi) is 3.84. The van der Waals surface area contributed by atoms with Gasteiger partial charge in [0.25, 0.3) is 0 Å². The van der Waals surface area contributed by atoms with E-state index >= 15 is 0 Å². The van der Waals surface area contributed by atoms with Crippen LogP contribution < -0.4 is 0 Å². The third-order valence-electron chi connectivity index (χ3n) is 1.92. The Morgan fingerprint density at radius 2 is 2.12 bits per heavy atom. The highest BCUT2D eigenvalue weighted by Crippen LogP contribution is 2.30. The van der Waals surface area contributed by atoms with Gasteiger partial charge < -0.3 is 0 Å². The minimum Gasteiger partial charge on any atom is -0.248 e. The molecule has 0 atom stereocenters. The first-order valence-corrected chi connectivity index (χ1v) is 6.57. The quantitative estimate of drug-likeness (QED) is 0.824. The Morgan fingerprint density at radius 3 is 2.81 bits per heavy atom. The van der Waals surface area contributed by atoms with Gasteiger partial charge >= 0.3 is 0 Å². The first-order chi connectivity index (χ1) is 7.66. The van der Waals surface area contributed by atoms with Gasteiger partial charge in [-0.2, -0.15) is 0 Å². The molecule has 0 radical (unpaired) electrons. The Hall–Kier alpha value is -0.580. The minimum atomic E-state index is 0.648. The van der Waals surface area contributed by atoms with Gasteiger partial charge in [-0.15, -0.1) is 0 Å². The molecule has 0 unspecified atom stereocenters. The molecule has 0 spiro atoms. The Balaban J connectivity index is 2.28. The van der Waals surface area contributed by atoms with E-state index in [1.807, 2.05) is 31.2 Å². The summed E-state index contributed by atoms with van der Waals surface area (Å²) in [6.07, 6.45) is 1.72. The van der Waals surface area contributed by atoms with E-state index in [4.69, 9.17) is 11.6 Å². The van der Waals surface area contributed by atoms with E-state index in [0.717, 1.165) is 20.2 Å². The second-order valence-corrected chi connectivity index (χ2v) is 5.38. The third-order valence-corrected chi connectivity index (χ3v) is 4.13.